The molecule has 0 saturated heterocycles. The zero-order valence-electron chi connectivity index (χ0n) is 29.5. The van der Waals surface area contributed by atoms with E-state index in [1.807, 2.05) is 64.1 Å². The summed E-state index contributed by atoms with van der Waals surface area (Å²) in [7, 11) is 0. The van der Waals surface area contributed by atoms with Crippen LogP contribution in [0.3, 0.4) is 0 Å². The standard InChI is InChI=1S/C21H27N3O4.C16H19N3O2/c1-13-7-8-14(2)17(11-13)27-18-10-9-16(12-22-18)24-19(25)15(3)23-20(26)28-21(4,5)6;1-10-4-5-11(2)14(8-10)21-15-7-6-13(9-18-15)19-16(20)12(3)17/h7-12,15H,1-6H3,(H,23,26)(H,24,25);4-9,12H,17H2,1-3H3,(H,19,20)/t15-;12-/m11/s1. The molecule has 12 nitrogen and oxygen atoms in total. The largest absolute Gasteiger partial charge is 0.444 e. The SMILES string of the molecule is Cc1ccc(C)c(Oc2ccc(NC(=O)[C@@H](C)N)cn2)c1.Cc1ccc(C)c(Oc2ccc(NC(=O)[C@@H](C)NC(=O)OC(C)(C)C)cn2)c1. The third-order valence-corrected chi connectivity index (χ3v) is 6.66. The number of alkyl carbamates (subject to hydrolysis) is 1. The molecule has 260 valence electrons. The fraction of sp³-hybridized carbons (Fsp3) is 0.324. The Hall–Kier alpha value is -5.49. The summed E-state index contributed by atoms with van der Waals surface area (Å²) in [5, 5.41) is 7.86. The number of hydrogen-bond donors (Lipinski definition) is 4. The second-order valence-corrected chi connectivity index (χ2v) is 12.6. The first-order valence-corrected chi connectivity index (χ1v) is 15.8. The Kier molecular flexibility index (Phi) is 13.2. The Bertz CT molecular complexity index is 1730. The summed E-state index contributed by atoms with van der Waals surface area (Å²) in [5.41, 5.74) is 10.2. The van der Waals surface area contributed by atoms with Gasteiger partial charge in [0, 0.05) is 12.1 Å². The lowest BCUT2D eigenvalue weighted by Crippen LogP contribution is -2.43. The first-order valence-electron chi connectivity index (χ1n) is 15.8. The summed E-state index contributed by atoms with van der Waals surface area (Å²) >= 11 is 0. The van der Waals surface area contributed by atoms with E-state index in [-0.39, 0.29) is 11.8 Å². The van der Waals surface area contributed by atoms with Crippen LogP contribution in [0.2, 0.25) is 0 Å². The predicted octanol–water partition coefficient (Wildman–Crippen LogP) is 7.12. The smallest absolute Gasteiger partial charge is 0.408 e. The fourth-order valence-corrected chi connectivity index (χ4v) is 3.95. The number of ether oxygens (including phenoxy) is 3. The highest BCUT2D eigenvalue weighted by atomic mass is 16.6. The number of nitrogens with two attached hydrogens (primary N) is 1. The molecule has 2 atom stereocenters. The molecule has 0 unspecified atom stereocenters. The lowest BCUT2D eigenvalue weighted by atomic mass is 10.1. The van der Waals surface area contributed by atoms with Gasteiger partial charge in [-0.05, 0) is 109 Å². The van der Waals surface area contributed by atoms with E-state index in [0.717, 1.165) is 33.8 Å². The minimum Gasteiger partial charge on any atom is -0.444 e. The van der Waals surface area contributed by atoms with E-state index in [1.165, 1.54) is 6.20 Å². The lowest BCUT2D eigenvalue weighted by molar-refractivity contribution is -0.118. The van der Waals surface area contributed by atoms with Gasteiger partial charge >= 0.3 is 6.09 Å². The van der Waals surface area contributed by atoms with E-state index in [2.05, 4.69) is 25.9 Å². The summed E-state index contributed by atoms with van der Waals surface area (Å²) in [6.45, 7) is 16.4. The molecular weight excluding hydrogens is 624 g/mol. The molecule has 4 rings (SSSR count). The van der Waals surface area contributed by atoms with Crippen LogP contribution in [0.5, 0.6) is 23.3 Å². The summed E-state index contributed by atoms with van der Waals surface area (Å²) in [4.78, 5) is 43.9. The summed E-state index contributed by atoms with van der Waals surface area (Å²) in [5.74, 6) is 1.78. The van der Waals surface area contributed by atoms with Gasteiger partial charge in [0.15, 0.2) is 0 Å². The third-order valence-electron chi connectivity index (χ3n) is 6.66. The van der Waals surface area contributed by atoms with E-state index < -0.39 is 23.8 Å². The average molecular weight is 671 g/mol. The van der Waals surface area contributed by atoms with Crippen LogP contribution in [0.1, 0.15) is 56.9 Å². The molecule has 4 aromatic rings. The molecule has 0 radical (unpaired) electrons. The quantitative estimate of drug-likeness (QED) is 0.145. The molecule has 0 aliphatic heterocycles. The minimum atomic E-state index is -0.763. The van der Waals surface area contributed by atoms with E-state index in [9.17, 15) is 14.4 Å². The molecule has 5 N–H and O–H groups in total. The van der Waals surface area contributed by atoms with Gasteiger partial charge in [0.05, 0.1) is 29.8 Å². The minimum absolute atomic E-state index is 0.250. The summed E-state index contributed by atoms with van der Waals surface area (Å²) < 4.78 is 16.7. The van der Waals surface area contributed by atoms with Crippen molar-refractivity contribution in [3.63, 3.8) is 0 Å². The van der Waals surface area contributed by atoms with Crippen molar-refractivity contribution < 1.29 is 28.6 Å². The number of benzene rings is 2. The summed E-state index contributed by atoms with van der Waals surface area (Å²) in [6.07, 6.45) is 2.39. The Labute approximate surface area is 287 Å². The zero-order chi connectivity index (χ0) is 36.3. The lowest BCUT2D eigenvalue weighted by Gasteiger charge is -2.21. The number of hydrogen-bond acceptors (Lipinski definition) is 9. The van der Waals surface area contributed by atoms with Crippen LogP contribution < -0.4 is 31.2 Å². The van der Waals surface area contributed by atoms with Gasteiger partial charge < -0.3 is 35.9 Å². The number of pyridine rings is 2. The van der Waals surface area contributed by atoms with Crippen molar-refractivity contribution in [1.82, 2.24) is 15.3 Å². The monoisotopic (exact) mass is 670 g/mol. The molecule has 0 saturated carbocycles. The average Bonchev–Trinajstić information content (AvgIpc) is 3.02. The maximum Gasteiger partial charge on any atom is 0.408 e. The van der Waals surface area contributed by atoms with Crippen LogP contribution in [-0.2, 0) is 14.3 Å². The van der Waals surface area contributed by atoms with Crippen molar-refractivity contribution in [3.05, 3.63) is 95.3 Å². The van der Waals surface area contributed by atoms with Crippen molar-refractivity contribution in [2.75, 3.05) is 10.6 Å². The Balaban J connectivity index is 0.000000276. The Morgan fingerprint density at radius 2 is 1.14 bits per heavy atom. The highest BCUT2D eigenvalue weighted by molar-refractivity contribution is 5.96. The third kappa shape index (κ3) is 12.9. The molecule has 0 aliphatic carbocycles. The van der Waals surface area contributed by atoms with Gasteiger partial charge in [0.25, 0.3) is 0 Å². The van der Waals surface area contributed by atoms with Gasteiger partial charge in [-0.3, -0.25) is 9.59 Å². The number of carbonyl (C=O) groups is 3. The molecule has 0 bridgehead atoms. The highest BCUT2D eigenvalue weighted by Gasteiger charge is 2.21. The fourth-order valence-electron chi connectivity index (χ4n) is 3.95. The number of rotatable bonds is 9. The normalized spacial score (nSPS) is 12.0. The molecule has 0 fully saturated rings. The molecule has 0 aliphatic rings. The molecule has 49 heavy (non-hydrogen) atoms. The van der Waals surface area contributed by atoms with Gasteiger partial charge in [-0.2, -0.15) is 0 Å². The maximum atomic E-state index is 12.2. The molecular formula is C37H46N6O6. The van der Waals surface area contributed by atoms with Crippen LogP contribution >= 0.6 is 0 Å². The van der Waals surface area contributed by atoms with Gasteiger partial charge in [-0.1, -0.05) is 24.3 Å². The van der Waals surface area contributed by atoms with Crippen molar-refractivity contribution >= 4 is 29.3 Å². The first-order chi connectivity index (χ1) is 23.0. The van der Waals surface area contributed by atoms with Gasteiger partial charge in [0.2, 0.25) is 23.6 Å². The van der Waals surface area contributed by atoms with E-state index in [4.69, 9.17) is 19.9 Å². The van der Waals surface area contributed by atoms with Crippen molar-refractivity contribution in [1.29, 1.82) is 0 Å². The number of aromatic nitrogens is 2. The number of nitrogens with one attached hydrogen (secondary N) is 3. The number of anilines is 2. The van der Waals surface area contributed by atoms with Crippen molar-refractivity contribution in [2.24, 2.45) is 5.73 Å². The molecule has 3 amide bonds. The molecule has 2 heterocycles. The van der Waals surface area contributed by atoms with Crippen LogP contribution in [0, 0.1) is 27.7 Å². The summed E-state index contributed by atoms with van der Waals surface area (Å²) in [6, 6.07) is 17.4. The number of amides is 3. The topological polar surface area (TPSA) is 167 Å². The molecule has 2 aromatic heterocycles. The van der Waals surface area contributed by atoms with Gasteiger partial charge in [-0.15, -0.1) is 0 Å². The second kappa shape index (κ2) is 17.1. The van der Waals surface area contributed by atoms with E-state index >= 15 is 0 Å². The Morgan fingerprint density at radius 1 is 0.694 bits per heavy atom. The highest BCUT2D eigenvalue weighted by Crippen LogP contribution is 2.26. The van der Waals surface area contributed by atoms with Crippen LogP contribution in [0.15, 0.2) is 73.1 Å². The van der Waals surface area contributed by atoms with Crippen LogP contribution in [0.4, 0.5) is 16.2 Å². The maximum absolute atomic E-state index is 12.2. The van der Waals surface area contributed by atoms with Gasteiger partial charge in [0.1, 0.15) is 23.1 Å². The van der Waals surface area contributed by atoms with Crippen LogP contribution in [-0.4, -0.2) is 45.6 Å². The number of nitrogens with zero attached hydrogens (tertiary/aromatic N) is 2. The van der Waals surface area contributed by atoms with Crippen LogP contribution in [0.25, 0.3) is 0 Å². The molecule has 12 heteroatoms. The van der Waals surface area contributed by atoms with Gasteiger partial charge in [-0.25, -0.2) is 14.8 Å². The van der Waals surface area contributed by atoms with E-state index in [1.54, 1.807) is 65.1 Å². The first kappa shape index (κ1) is 38.0. The van der Waals surface area contributed by atoms with Crippen molar-refractivity contribution in [2.45, 2.75) is 80.0 Å². The molecule has 0 spiro atoms. The predicted molar refractivity (Wildman–Crippen MR) is 190 cm³/mol. The second-order valence-electron chi connectivity index (χ2n) is 12.6. The number of aryl methyl sites for hydroxylation is 4. The molecule has 2 aromatic carbocycles. The van der Waals surface area contributed by atoms with Crippen molar-refractivity contribution in [3.8, 4) is 23.3 Å². The number of carbonyl (C=O) groups excluding carboxylic acids is 3. The zero-order valence-corrected chi connectivity index (χ0v) is 29.5. The van der Waals surface area contributed by atoms with E-state index in [0.29, 0.717) is 23.1 Å². The Morgan fingerprint density at radius 3 is 1.53 bits per heavy atom.